The molecule has 13 heavy (non-hydrogen) atoms. The molecular formula is C7H7Cl2IN2O. The van der Waals surface area contributed by atoms with Gasteiger partial charge >= 0.3 is 0 Å². The lowest BCUT2D eigenvalue weighted by Crippen LogP contribution is -2.30. The number of nitrogens with one attached hydrogen (secondary N) is 1. The predicted molar refractivity (Wildman–Crippen MR) is 63.1 cm³/mol. The zero-order chi connectivity index (χ0) is 9.14. The molecule has 6 heteroatoms. The SMILES string of the molecule is Cl.NNC(=O)c1cc(I)ccc1Cl. The molecule has 1 amide bonds. The van der Waals surface area contributed by atoms with Gasteiger partial charge in [0.2, 0.25) is 0 Å². The number of carbonyl (C=O) groups excluding carboxylic acids is 1. The molecule has 72 valence electrons. The number of amides is 1. The lowest BCUT2D eigenvalue weighted by atomic mass is 10.2. The minimum Gasteiger partial charge on any atom is -0.290 e. The number of carbonyl (C=O) groups is 1. The van der Waals surface area contributed by atoms with Gasteiger partial charge in [-0.1, -0.05) is 11.6 Å². The van der Waals surface area contributed by atoms with Crippen LogP contribution >= 0.6 is 46.6 Å². The Labute approximate surface area is 101 Å². The van der Waals surface area contributed by atoms with Crippen molar-refractivity contribution < 1.29 is 4.79 Å². The standard InChI is InChI=1S/C7H6ClIN2O.ClH/c8-6-2-1-4(9)3-5(6)7(12)11-10;/h1-3H,10H2,(H,11,12);1H. The Hall–Kier alpha value is -0.0400. The van der Waals surface area contributed by atoms with Crippen molar-refractivity contribution in [2.75, 3.05) is 0 Å². The third-order valence-corrected chi connectivity index (χ3v) is 2.30. The fraction of sp³-hybridized carbons (Fsp3) is 0. The molecule has 3 nitrogen and oxygen atoms in total. The van der Waals surface area contributed by atoms with Crippen molar-refractivity contribution in [1.82, 2.24) is 5.43 Å². The topological polar surface area (TPSA) is 55.1 Å². The molecule has 3 N–H and O–H groups in total. The van der Waals surface area contributed by atoms with E-state index < -0.39 is 0 Å². The van der Waals surface area contributed by atoms with Crippen LogP contribution in [0.1, 0.15) is 10.4 Å². The van der Waals surface area contributed by atoms with Crippen LogP contribution in [0.25, 0.3) is 0 Å². The zero-order valence-electron chi connectivity index (χ0n) is 6.38. The molecule has 0 saturated heterocycles. The molecule has 0 heterocycles. The summed E-state index contributed by atoms with van der Waals surface area (Å²) in [6, 6.07) is 5.15. The quantitative estimate of drug-likeness (QED) is 0.357. The molecule has 0 aliphatic rings. The minimum absolute atomic E-state index is 0. The van der Waals surface area contributed by atoms with E-state index in [2.05, 4.69) is 22.6 Å². The van der Waals surface area contributed by atoms with Gasteiger partial charge < -0.3 is 0 Å². The van der Waals surface area contributed by atoms with E-state index in [1.54, 1.807) is 12.1 Å². The summed E-state index contributed by atoms with van der Waals surface area (Å²) in [7, 11) is 0. The summed E-state index contributed by atoms with van der Waals surface area (Å²) in [6.45, 7) is 0. The Morgan fingerprint density at radius 1 is 1.54 bits per heavy atom. The Kier molecular flexibility index (Phi) is 5.62. The average Bonchev–Trinajstić information content (AvgIpc) is 2.08. The van der Waals surface area contributed by atoms with Crippen LogP contribution in [-0.2, 0) is 0 Å². The average molecular weight is 333 g/mol. The van der Waals surface area contributed by atoms with Crippen LogP contribution in [0.2, 0.25) is 5.02 Å². The summed E-state index contributed by atoms with van der Waals surface area (Å²) in [5.41, 5.74) is 2.42. The summed E-state index contributed by atoms with van der Waals surface area (Å²) in [4.78, 5) is 11.1. The number of nitrogens with two attached hydrogens (primary N) is 1. The Morgan fingerprint density at radius 2 is 2.15 bits per heavy atom. The van der Waals surface area contributed by atoms with Crippen molar-refractivity contribution in [3.63, 3.8) is 0 Å². The second kappa shape index (κ2) is 5.64. The zero-order valence-corrected chi connectivity index (χ0v) is 10.1. The number of benzene rings is 1. The first-order valence-corrected chi connectivity index (χ1v) is 4.57. The van der Waals surface area contributed by atoms with Gasteiger partial charge in [-0.15, -0.1) is 12.4 Å². The van der Waals surface area contributed by atoms with Gasteiger partial charge in [0.1, 0.15) is 0 Å². The highest BCUT2D eigenvalue weighted by atomic mass is 127. The van der Waals surface area contributed by atoms with Gasteiger partial charge in [0.25, 0.3) is 5.91 Å². The van der Waals surface area contributed by atoms with E-state index in [0.717, 1.165) is 3.57 Å². The first-order valence-electron chi connectivity index (χ1n) is 3.11. The van der Waals surface area contributed by atoms with Crippen molar-refractivity contribution in [3.05, 3.63) is 32.4 Å². The minimum atomic E-state index is -0.376. The maximum Gasteiger partial charge on any atom is 0.266 e. The molecule has 1 rings (SSSR count). The van der Waals surface area contributed by atoms with E-state index in [0.29, 0.717) is 10.6 Å². The monoisotopic (exact) mass is 332 g/mol. The van der Waals surface area contributed by atoms with Crippen molar-refractivity contribution in [1.29, 1.82) is 0 Å². The van der Waals surface area contributed by atoms with Crippen LogP contribution in [0.3, 0.4) is 0 Å². The smallest absolute Gasteiger partial charge is 0.266 e. The normalized spacial score (nSPS) is 8.85. The van der Waals surface area contributed by atoms with Crippen LogP contribution in [0.5, 0.6) is 0 Å². The van der Waals surface area contributed by atoms with Crippen LogP contribution in [0.4, 0.5) is 0 Å². The molecule has 0 aliphatic heterocycles. The number of hydrogen-bond acceptors (Lipinski definition) is 2. The van der Waals surface area contributed by atoms with Crippen molar-refractivity contribution in [3.8, 4) is 0 Å². The summed E-state index contributed by atoms with van der Waals surface area (Å²) >= 11 is 7.84. The van der Waals surface area contributed by atoms with E-state index in [4.69, 9.17) is 17.4 Å². The van der Waals surface area contributed by atoms with Crippen LogP contribution in [0.15, 0.2) is 18.2 Å². The Bertz CT molecular complexity index is 319. The summed E-state index contributed by atoms with van der Waals surface area (Å²) in [6.07, 6.45) is 0. The molecule has 0 aromatic heterocycles. The molecule has 0 aliphatic carbocycles. The van der Waals surface area contributed by atoms with E-state index in [-0.39, 0.29) is 18.3 Å². The molecule has 0 radical (unpaired) electrons. The van der Waals surface area contributed by atoms with Gasteiger partial charge in [-0.05, 0) is 40.8 Å². The number of rotatable bonds is 1. The van der Waals surface area contributed by atoms with E-state index in [9.17, 15) is 4.79 Å². The molecule has 1 aromatic carbocycles. The van der Waals surface area contributed by atoms with E-state index in [1.807, 2.05) is 11.5 Å². The number of nitrogen functional groups attached to an aromatic ring is 1. The van der Waals surface area contributed by atoms with Crippen LogP contribution < -0.4 is 11.3 Å². The second-order valence-electron chi connectivity index (χ2n) is 2.10. The Morgan fingerprint density at radius 3 is 2.69 bits per heavy atom. The van der Waals surface area contributed by atoms with Crippen LogP contribution in [-0.4, -0.2) is 5.91 Å². The fourth-order valence-corrected chi connectivity index (χ4v) is 1.44. The highest BCUT2D eigenvalue weighted by Gasteiger charge is 2.08. The molecule has 0 bridgehead atoms. The lowest BCUT2D eigenvalue weighted by Gasteiger charge is -2.02. The van der Waals surface area contributed by atoms with E-state index in [1.165, 1.54) is 0 Å². The number of halogens is 3. The maximum absolute atomic E-state index is 11.1. The molecule has 0 unspecified atom stereocenters. The van der Waals surface area contributed by atoms with Crippen molar-refractivity contribution in [2.45, 2.75) is 0 Å². The second-order valence-corrected chi connectivity index (χ2v) is 3.75. The highest BCUT2D eigenvalue weighted by molar-refractivity contribution is 14.1. The van der Waals surface area contributed by atoms with Gasteiger partial charge in [0, 0.05) is 3.57 Å². The van der Waals surface area contributed by atoms with Gasteiger partial charge in [-0.3, -0.25) is 10.2 Å². The molecular weight excluding hydrogens is 326 g/mol. The largest absolute Gasteiger partial charge is 0.290 e. The molecule has 0 spiro atoms. The van der Waals surface area contributed by atoms with Gasteiger partial charge in [0.05, 0.1) is 10.6 Å². The molecule has 0 atom stereocenters. The van der Waals surface area contributed by atoms with Crippen LogP contribution in [0, 0.1) is 3.57 Å². The maximum atomic E-state index is 11.1. The predicted octanol–water partition coefficient (Wildman–Crippen LogP) is 1.97. The Balaban J connectivity index is 0.00000144. The summed E-state index contributed by atoms with van der Waals surface area (Å²) in [5, 5.41) is 0.401. The van der Waals surface area contributed by atoms with Gasteiger partial charge in [0.15, 0.2) is 0 Å². The van der Waals surface area contributed by atoms with Crippen molar-refractivity contribution in [2.24, 2.45) is 5.84 Å². The third kappa shape index (κ3) is 3.30. The molecule has 1 aromatic rings. The number of hydrogen-bond donors (Lipinski definition) is 2. The summed E-state index contributed by atoms with van der Waals surface area (Å²) in [5.74, 6) is 4.59. The third-order valence-electron chi connectivity index (χ3n) is 1.30. The van der Waals surface area contributed by atoms with Crippen molar-refractivity contribution >= 4 is 52.5 Å². The number of hydrazine groups is 1. The van der Waals surface area contributed by atoms with Gasteiger partial charge in [-0.25, -0.2) is 5.84 Å². The molecule has 0 fully saturated rings. The van der Waals surface area contributed by atoms with E-state index >= 15 is 0 Å². The highest BCUT2D eigenvalue weighted by Crippen LogP contribution is 2.18. The first kappa shape index (κ1) is 13.0. The fourth-order valence-electron chi connectivity index (χ4n) is 0.749. The summed E-state index contributed by atoms with van der Waals surface area (Å²) < 4.78 is 0.940. The lowest BCUT2D eigenvalue weighted by molar-refractivity contribution is 0.0954. The molecule has 0 saturated carbocycles. The first-order chi connectivity index (χ1) is 5.65. The van der Waals surface area contributed by atoms with Gasteiger partial charge in [-0.2, -0.15) is 0 Å².